The highest BCUT2D eigenvalue weighted by Crippen LogP contribution is 2.33. The van der Waals surface area contributed by atoms with Crippen LogP contribution in [0.3, 0.4) is 0 Å². The Labute approximate surface area is 126 Å². The van der Waals surface area contributed by atoms with Gasteiger partial charge in [0.2, 0.25) is 0 Å². The summed E-state index contributed by atoms with van der Waals surface area (Å²) < 4.78 is 19.5. The van der Waals surface area contributed by atoms with Crippen molar-refractivity contribution in [1.82, 2.24) is 5.43 Å². The Morgan fingerprint density at radius 1 is 1.25 bits per heavy atom. The van der Waals surface area contributed by atoms with Crippen molar-refractivity contribution in [3.63, 3.8) is 0 Å². The van der Waals surface area contributed by atoms with E-state index in [9.17, 15) is 4.39 Å². The summed E-state index contributed by atoms with van der Waals surface area (Å²) in [6.07, 6.45) is 0. The first-order chi connectivity index (χ1) is 9.67. The summed E-state index contributed by atoms with van der Waals surface area (Å²) in [5, 5.41) is 0. The van der Waals surface area contributed by atoms with Crippen molar-refractivity contribution < 1.29 is 9.13 Å². The first-order valence-electron chi connectivity index (χ1n) is 6.30. The number of nitrogens with one attached hydrogen (secondary N) is 1. The third-order valence-electron chi connectivity index (χ3n) is 2.97. The molecule has 0 saturated heterocycles. The van der Waals surface area contributed by atoms with Crippen molar-refractivity contribution in [2.75, 3.05) is 6.61 Å². The fourth-order valence-corrected chi connectivity index (χ4v) is 2.67. The van der Waals surface area contributed by atoms with Gasteiger partial charge in [-0.2, -0.15) is 0 Å². The maximum Gasteiger partial charge on any atom is 0.124 e. The zero-order valence-corrected chi connectivity index (χ0v) is 12.7. The molecule has 1 atom stereocenters. The molecule has 3 N–H and O–H groups in total. The second-order valence-electron chi connectivity index (χ2n) is 4.24. The maximum absolute atomic E-state index is 13.2. The van der Waals surface area contributed by atoms with Crippen molar-refractivity contribution in [2.45, 2.75) is 13.0 Å². The van der Waals surface area contributed by atoms with Crippen LogP contribution in [-0.2, 0) is 0 Å². The fraction of sp³-hybridized carbons (Fsp3) is 0.200. The van der Waals surface area contributed by atoms with E-state index in [1.165, 1.54) is 12.1 Å². The minimum atomic E-state index is -0.297. The van der Waals surface area contributed by atoms with Gasteiger partial charge < -0.3 is 4.74 Å². The normalized spacial score (nSPS) is 12.2. The number of para-hydroxylation sites is 1. The summed E-state index contributed by atoms with van der Waals surface area (Å²) in [7, 11) is 0. The first kappa shape index (κ1) is 15.0. The van der Waals surface area contributed by atoms with Crippen molar-refractivity contribution >= 4 is 15.9 Å². The topological polar surface area (TPSA) is 47.3 Å². The molecule has 0 aliphatic carbocycles. The lowest BCUT2D eigenvalue weighted by Gasteiger charge is -2.21. The van der Waals surface area contributed by atoms with Gasteiger partial charge in [0.1, 0.15) is 11.6 Å². The largest absolute Gasteiger partial charge is 0.494 e. The van der Waals surface area contributed by atoms with Gasteiger partial charge in [-0.1, -0.05) is 40.2 Å². The molecule has 3 nitrogen and oxygen atoms in total. The minimum Gasteiger partial charge on any atom is -0.494 e. The van der Waals surface area contributed by atoms with Crippen LogP contribution in [0.15, 0.2) is 46.9 Å². The van der Waals surface area contributed by atoms with Crippen molar-refractivity contribution in [2.24, 2.45) is 5.84 Å². The van der Waals surface area contributed by atoms with Crippen LogP contribution in [0.2, 0.25) is 0 Å². The van der Waals surface area contributed by atoms with Gasteiger partial charge in [0.15, 0.2) is 0 Å². The quantitative estimate of drug-likeness (QED) is 0.647. The smallest absolute Gasteiger partial charge is 0.124 e. The van der Waals surface area contributed by atoms with Crippen LogP contribution in [-0.4, -0.2) is 6.61 Å². The summed E-state index contributed by atoms with van der Waals surface area (Å²) in [6, 6.07) is 11.9. The highest BCUT2D eigenvalue weighted by molar-refractivity contribution is 9.10. The van der Waals surface area contributed by atoms with Crippen LogP contribution in [0.5, 0.6) is 5.75 Å². The van der Waals surface area contributed by atoms with E-state index in [4.69, 9.17) is 10.6 Å². The molecule has 0 radical (unpaired) electrons. The monoisotopic (exact) mass is 338 g/mol. The van der Waals surface area contributed by atoms with Crippen LogP contribution >= 0.6 is 15.9 Å². The average Bonchev–Trinajstić information content (AvgIpc) is 2.44. The Bertz CT molecular complexity index is 592. The Morgan fingerprint density at radius 3 is 2.65 bits per heavy atom. The molecule has 0 spiro atoms. The molecule has 0 aliphatic heterocycles. The van der Waals surface area contributed by atoms with Crippen LogP contribution < -0.4 is 16.0 Å². The molecular weight excluding hydrogens is 323 g/mol. The molecule has 0 bridgehead atoms. The van der Waals surface area contributed by atoms with Gasteiger partial charge in [-0.25, -0.2) is 9.82 Å². The Morgan fingerprint density at radius 2 is 2.00 bits per heavy atom. The number of rotatable bonds is 5. The van der Waals surface area contributed by atoms with E-state index in [1.807, 2.05) is 31.2 Å². The Balaban J connectivity index is 2.47. The van der Waals surface area contributed by atoms with E-state index < -0.39 is 0 Å². The third kappa shape index (κ3) is 3.17. The molecule has 0 amide bonds. The Kier molecular flexibility index (Phi) is 5.11. The standard InChI is InChI=1S/C15H16BrFN2O/c1-2-20-14-6-4-3-5-12(14)15(19-18)11-8-7-10(17)9-13(11)16/h3-9,15,19H,2,18H2,1H3. The molecule has 0 saturated carbocycles. The lowest BCUT2D eigenvalue weighted by atomic mass is 9.98. The van der Waals surface area contributed by atoms with Crippen molar-refractivity contribution in [3.05, 3.63) is 63.9 Å². The van der Waals surface area contributed by atoms with E-state index in [1.54, 1.807) is 6.07 Å². The van der Waals surface area contributed by atoms with Gasteiger partial charge in [0.05, 0.1) is 12.6 Å². The molecular formula is C15H16BrFN2O. The third-order valence-corrected chi connectivity index (χ3v) is 3.66. The number of halogens is 2. The van der Waals surface area contributed by atoms with E-state index in [0.717, 1.165) is 16.9 Å². The van der Waals surface area contributed by atoms with Crippen molar-refractivity contribution in [3.8, 4) is 5.75 Å². The summed E-state index contributed by atoms with van der Waals surface area (Å²) in [6.45, 7) is 2.49. The molecule has 2 aromatic carbocycles. The zero-order chi connectivity index (χ0) is 14.5. The van der Waals surface area contributed by atoms with Crippen LogP contribution in [0.4, 0.5) is 4.39 Å². The summed E-state index contributed by atoms with van der Waals surface area (Å²) in [5.41, 5.74) is 4.52. The molecule has 0 aliphatic rings. The Hall–Kier alpha value is -1.43. The van der Waals surface area contributed by atoms with Gasteiger partial charge in [-0.05, 0) is 30.7 Å². The van der Waals surface area contributed by atoms with E-state index in [0.29, 0.717) is 11.1 Å². The summed E-state index contributed by atoms with van der Waals surface area (Å²) in [5.74, 6) is 6.15. The van der Waals surface area contributed by atoms with Gasteiger partial charge in [-0.15, -0.1) is 0 Å². The van der Waals surface area contributed by atoms with Gasteiger partial charge in [0, 0.05) is 10.0 Å². The first-order valence-corrected chi connectivity index (χ1v) is 7.09. The van der Waals surface area contributed by atoms with Gasteiger partial charge in [0.25, 0.3) is 0 Å². The molecule has 20 heavy (non-hydrogen) atoms. The number of hydrazine groups is 1. The van der Waals surface area contributed by atoms with Crippen molar-refractivity contribution in [1.29, 1.82) is 0 Å². The molecule has 0 aromatic heterocycles. The molecule has 2 aromatic rings. The SMILES string of the molecule is CCOc1ccccc1C(NN)c1ccc(F)cc1Br. The summed E-state index contributed by atoms with van der Waals surface area (Å²) in [4.78, 5) is 0. The molecule has 5 heteroatoms. The minimum absolute atomic E-state index is 0.285. The number of hydrogen-bond acceptors (Lipinski definition) is 3. The number of ether oxygens (including phenoxy) is 1. The summed E-state index contributed by atoms with van der Waals surface area (Å²) >= 11 is 3.37. The van der Waals surface area contributed by atoms with Crippen LogP contribution in [0.25, 0.3) is 0 Å². The predicted octanol–water partition coefficient (Wildman–Crippen LogP) is 3.54. The predicted molar refractivity (Wildman–Crippen MR) is 80.9 cm³/mol. The number of benzene rings is 2. The second kappa shape index (κ2) is 6.83. The average molecular weight is 339 g/mol. The lowest BCUT2D eigenvalue weighted by molar-refractivity contribution is 0.333. The van der Waals surface area contributed by atoms with Gasteiger partial charge in [-0.3, -0.25) is 5.84 Å². The van der Waals surface area contributed by atoms with Gasteiger partial charge >= 0.3 is 0 Å². The lowest BCUT2D eigenvalue weighted by Crippen LogP contribution is -2.29. The molecule has 106 valence electrons. The highest BCUT2D eigenvalue weighted by Gasteiger charge is 2.19. The fourth-order valence-electron chi connectivity index (χ4n) is 2.09. The highest BCUT2D eigenvalue weighted by atomic mass is 79.9. The van der Waals surface area contributed by atoms with E-state index in [-0.39, 0.29) is 11.9 Å². The van der Waals surface area contributed by atoms with Crippen LogP contribution in [0, 0.1) is 5.82 Å². The van der Waals surface area contributed by atoms with E-state index in [2.05, 4.69) is 21.4 Å². The second-order valence-corrected chi connectivity index (χ2v) is 5.09. The van der Waals surface area contributed by atoms with Crippen LogP contribution in [0.1, 0.15) is 24.1 Å². The molecule has 0 fully saturated rings. The number of hydrogen-bond donors (Lipinski definition) is 2. The van der Waals surface area contributed by atoms with E-state index >= 15 is 0 Å². The number of nitrogens with two attached hydrogens (primary N) is 1. The molecule has 0 heterocycles. The molecule has 1 unspecified atom stereocenters. The molecule has 2 rings (SSSR count). The maximum atomic E-state index is 13.2. The zero-order valence-electron chi connectivity index (χ0n) is 11.1.